The minimum atomic E-state index is -0.893. The number of nitrogens with zero attached hydrogens (tertiary/aromatic N) is 1. The van der Waals surface area contributed by atoms with E-state index >= 15 is 0 Å². The molecule has 3 atom stereocenters. The number of carbonyl (C=O) groups is 2. The Kier molecular flexibility index (Phi) is 4.11. The quantitative estimate of drug-likeness (QED) is 0.810. The Morgan fingerprint density at radius 3 is 2.63 bits per heavy atom. The van der Waals surface area contributed by atoms with E-state index in [4.69, 9.17) is 0 Å². The molecule has 0 aromatic heterocycles. The molecule has 19 heavy (non-hydrogen) atoms. The summed E-state index contributed by atoms with van der Waals surface area (Å²) in [5.41, 5.74) is -0.438. The van der Waals surface area contributed by atoms with Crippen LogP contribution in [-0.4, -0.2) is 52.1 Å². The van der Waals surface area contributed by atoms with Crippen molar-refractivity contribution in [1.29, 1.82) is 0 Å². The number of hydrogen-bond donors (Lipinski definition) is 2. The maximum Gasteiger partial charge on any atom is 0.327 e. The van der Waals surface area contributed by atoms with Crippen molar-refractivity contribution in [3.05, 3.63) is 0 Å². The number of carboxylic acids is 1. The molecule has 0 saturated carbocycles. The number of carbonyl (C=O) groups excluding carboxylic acids is 1. The zero-order valence-corrected chi connectivity index (χ0v) is 12.5. The summed E-state index contributed by atoms with van der Waals surface area (Å²) in [5, 5.41) is 12.5. The third kappa shape index (κ3) is 2.36. The van der Waals surface area contributed by atoms with E-state index in [-0.39, 0.29) is 17.2 Å². The second kappa shape index (κ2) is 5.32. The zero-order chi connectivity index (χ0) is 14.2. The van der Waals surface area contributed by atoms with E-state index in [9.17, 15) is 14.7 Å². The number of hydrogen-bond acceptors (Lipinski definition) is 4. The van der Waals surface area contributed by atoms with Gasteiger partial charge in [0.15, 0.2) is 0 Å². The van der Waals surface area contributed by atoms with Crippen molar-refractivity contribution in [3.8, 4) is 0 Å². The molecule has 0 radical (unpaired) electrons. The topological polar surface area (TPSA) is 69.6 Å². The fraction of sp³-hybridized carbons (Fsp3) is 0.846. The molecular formula is C13H22N2O3S. The van der Waals surface area contributed by atoms with E-state index in [1.807, 2.05) is 6.92 Å². The highest BCUT2D eigenvalue weighted by Crippen LogP contribution is 2.40. The van der Waals surface area contributed by atoms with Gasteiger partial charge in [0, 0.05) is 12.3 Å². The largest absolute Gasteiger partial charge is 0.480 e. The molecule has 2 N–H and O–H groups in total. The summed E-state index contributed by atoms with van der Waals surface area (Å²) in [5.74, 6) is -0.182. The molecule has 2 fully saturated rings. The highest BCUT2D eigenvalue weighted by atomic mass is 32.2. The lowest BCUT2D eigenvalue weighted by molar-refractivity contribution is -0.155. The first-order valence-electron chi connectivity index (χ1n) is 6.78. The Balaban J connectivity index is 2.28. The van der Waals surface area contributed by atoms with Crippen LogP contribution in [0.15, 0.2) is 0 Å². The van der Waals surface area contributed by atoms with Gasteiger partial charge < -0.3 is 15.3 Å². The normalized spacial score (nSPS) is 35.1. The minimum absolute atomic E-state index is 0.0115. The Labute approximate surface area is 118 Å². The lowest BCUT2D eigenvalue weighted by atomic mass is 9.75. The zero-order valence-electron chi connectivity index (χ0n) is 11.7. The average Bonchev–Trinajstić information content (AvgIpc) is 2.94. The van der Waals surface area contributed by atoms with E-state index in [0.717, 1.165) is 13.0 Å². The van der Waals surface area contributed by atoms with Gasteiger partial charge in [0.25, 0.3) is 0 Å². The van der Waals surface area contributed by atoms with Gasteiger partial charge in [0.2, 0.25) is 5.91 Å². The summed E-state index contributed by atoms with van der Waals surface area (Å²) < 4.78 is 0. The van der Waals surface area contributed by atoms with Gasteiger partial charge in [0.1, 0.15) is 6.04 Å². The van der Waals surface area contributed by atoms with Crippen LogP contribution >= 0.6 is 11.8 Å². The van der Waals surface area contributed by atoms with Crippen molar-refractivity contribution in [2.75, 3.05) is 18.8 Å². The molecule has 2 aliphatic rings. The standard InChI is InChI=1S/C13H22N2O3S/c1-8(2)13(4-5-14-7-13)12(18)15-9(3)19-6-10(15)11(16)17/h8-10,14H,4-7H2,1-3H3,(H,16,17). The van der Waals surface area contributed by atoms with Gasteiger partial charge in [-0.05, 0) is 25.8 Å². The molecule has 5 nitrogen and oxygen atoms in total. The predicted molar refractivity (Wildman–Crippen MR) is 74.9 cm³/mol. The lowest BCUT2D eigenvalue weighted by Crippen LogP contribution is -2.54. The smallest absolute Gasteiger partial charge is 0.327 e. The molecule has 0 bridgehead atoms. The summed E-state index contributed by atoms with van der Waals surface area (Å²) >= 11 is 1.54. The van der Waals surface area contributed by atoms with Crippen molar-refractivity contribution in [2.45, 2.75) is 38.6 Å². The van der Waals surface area contributed by atoms with Gasteiger partial charge in [-0.1, -0.05) is 13.8 Å². The summed E-state index contributed by atoms with van der Waals surface area (Å²) in [6, 6.07) is -0.677. The van der Waals surface area contributed by atoms with Crippen LogP contribution in [0, 0.1) is 11.3 Å². The molecule has 2 rings (SSSR count). The van der Waals surface area contributed by atoms with Gasteiger partial charge in [-0.3, -0.25) is 4.79 Å². The number of thioether (sulfide) groups is 1. The number of nitrogens with one attached hydrogen (secondary N) is 1. The molecular weight excluding hydrogens is 264 g/mol. The molecule has 0 spiro atoms. The summed E-state index contributed by atoms with van der Waals surface area (Å²) in [6.45, 7) is 7.51. The molecule has 2 saturated heterocycles. The van der Waals surface area contributed by atoms with Gasteiger partial charge >= 0.3 is 5.97 Å². The second-order valence-corrected chi connectivity index (χ2v) is 7.09. The molecule has 2 aliphatic heterocycles. The summed E-state index contributed by atoms with van der Waals surface area (Å²) in [4.78, 5) is 25.9. The Morgan fingerprint density at radius 2 is 2.16 bits per heavy atom. The van der Waals surface area contributed by atoms with E-state index < -0.39 is 17.4 Å². The molecule has 3 unspecified atom stereocenters. The summed E-state index contributed by atoms with van der Waals surface area (Å²) in [6.07, 6.45) is 0.795. The first-order chi connectivity index (χ1) is 8.90. The first kappa shape index (κ1) is 14.7. The van der Waals surface area contributed by atoms with E-state index in [2.05, 4.69) is 19.2 Å². The monoisotopic (exact) mass is 286 g/mol. The van der Waals surface area contributed by atoms with Crippen molar-refractivity contribution in [1.82, 2.24) is 10.2 Å². The lowest BCUT2D eigenvalue weighted by Gasteiger charge is -2.38. The Morgan fingerprint density at radius 1 is 1.47 bits per heavy atom. The van der Waals surface area contributed by atoms with Crippen LogP contribution in [0.2, 0.25) is 0 Å². The van der Waals surface area contributed by atoms with Crippen molar-refractivity contribution in [2.24, 2.45) is 11.3 Å². The highest BCUT2D eigenvalue weighted by Gasteiger charge is 2.51. The van der Waals surface area contributed by atoms with Crippen LogP contribution in [0.4, 0.5) is 0 Å². The van der Waals surface area contributed by atoms with E-state index in [1.54, 1.807) is 16.7 Å². The van der Waals surface area contributed by atoms with Crippen LogP contribution in [0.3, 0.4) is 0 Å². The molecule has 2 heterocycles. The SMILES string of the molecule is CC1SCC(C(=O)O)N1C(=O)C1(C(C)C)CCNC1. The summed E-state index contributed by atoms with van der Waals surface area (Å²) in [7, 11) is 0. The van der Waals surface area contributed by atoms with Gasteiger partial charge in [-0.2, -0.15) is 0 Å². The fourth-order valence-corrected chi connectivity index (χ4v) is 4.20. The number of amides is 1. The number of rotatable bonds is 3. The van der Waals surface area contributed by atoms with Crippen LogP contribution in [0.1, 0.15) is 27.2 Å². The first-order valence-corrected chi connectivity index (χ1v) is 7.83. The molecule has 1 amide bonds. The molecule has 6 heteroatoms. The second-order valence-electron chi connectivity index (χ2n) is 5.74. The molecule has 0 aliphatic carbocycles. The third-order valence-electron chi connectivity index (χ3n) is 4.46. The van der Waals surface area contributed by atoms with Gasteiger partial charge in [-0.25, -0.2) is 4.79 Å². The third-order valence-corrected chi connectivity index (χ3v) is 5.68. The highest BCUT2D eigenvalue weighted by molar-refractivity contribution is 8.00. The van der Waals surface area contributed by atoms with Gasteiger partial charge in [0.05, 0.1) is 10.8 Å². The Bertz CT molecular complexity index is 380. The fourth-order valence-electron chi connectivity index (χ4n) is 3.03. The van der Waals surface area contributed by atoms with Crippen LogP contribution in [-0.2, 0) is 9.59 Å². The molecule has 0 aromatic rings. The van der Waals surface area contributed by atoms with Crippen LogP contribution in [0.25, 0.3) is 0 Å². The van der Waals surface area contributed by atoms with Crippen molar-refractivity contribution >= 4 is 23.6 Å². The van der Waals surface area contributed by atoms with Gasteiger partial charge in [-0.15, -0.1) is 11.8 Å². The maximum absolute atomic E-state index is 12.9. The maximum atomic E-state index is 12.9. The Hall–Kier alpha value is -0.750. The number of carboxylic acid groups (broad SMARTS) is 1. The van der Waals surface area contributed by atoms with Crippen molar-refractivity contribution in [3.63, 3.8) is 0 Å². The average molecular weight is 286 g/mol. The minimum Gasteiger partial charge on any atom is -0.480 e. The van der Waals surface area contributed by atoms with E-state index in [1.165, 1.54) is 0 Å². The van der Waals surface area contributed by atoms with Crippen LogP contribution < -0.4 is 5.32 Å². The predicted octanol–water partition coefficient (Wildman–Crippen LogP) is 0.997. The van der Waals surface area contributed by atoms with Crippen molar-refractivity contribution < 1.29 is 14.7 Å². The molecule has 0 aromatic carbocycles. The number of aliphatic carboxylic acids is 1. The molecule has 108 valence electrons. The van der Waals surface area contributed by atoms with Crippen LogP contribution in [0.5, 0.6) is 0 Å². The van der Waals surface area contributed by atoms with E-state index in [0.29, 0.717) is 12.3 Å².